The monoisotopic (exact) mass is 299 g/mol. The van der Waals surface area contributed by atoms with E-state index in [1.165, 1.54) is 0 Å². The second-order valence-corrected chi connectivity index (χ2v) is 5.28. The van der Waals surface area contributed by atoms with Crippen molar-refractivity contribution in [2.75, 3.05) is 5.32 Å². The van der Waals surface area contributed by atoms with E-state index in [4.69, 9.17) is 0 Å². The van der Waals surface area contributed by atoms with Crippen LogP contribution in [0, 0.1) is 0 Å². The largest absolute Gasteiger partial charge is 0.508 e. The fraction of sp³-hybridized carbons (Fsp3) is 0.278. The summed E-state index contributed by atoms with van der Waals surface area (Å²) in [4.78, 5) is 11.4. The van der Waals surface area contributed by atoms with Gasteiger partial charge in [-0.05, 0) is 42.3 Å². The maximum atomic E-state index is 11.4. The zero-order chi connectivity index (χ0) is 15.9. The van der Waals surface area contributed by atoms with Crippen molar-refractivity contribution < 1.29 is 15.0 Å². The highest BCUT2D eigenvalue weighted by Gasteiger charge is 2.18. The Labute approximate surface area is 130 Å². The number of hydrogen-bond acceptors (Lipinski definition) is 3. The summed E-state index contributed by atoms with van der Waals surface area (Å²) in [5.41, 5.74) is 1.98. The molecule has 0 aliphatic heterocycles. The molecule has 0 saturated carbocycles. The molecule has 1 unspecified atom stereocenters. The number of aromatic carboxylic acids is 1. The summed E-state index contributed by atoms with van der Waals surface area (Å²) in [7, 11) is 0. The molecule has 0 saturated heterocycles. The molecule has 0 spiro atoms. The molecule has 3 N–H and O–H groups in total. The van der Waals surface area contributed by atoms with Crippen LogP contribution in [0.25, 0.3) is 0 Å². The van der Waals surface area contributed by atoms with Crippen LogP contribution in [0.2, 0.25) is 0 Å². The number of nitrogens with one attached hydrogen (secondary N) is 1. The molecule has 2 rings (SSSR count). The average molecular weight is 299 g/mol. The fourth-order valence-corrected chi connectivity index (χ4v) is 2.47. The van der Waals surface area contributed by atoms with Gasteiger partial charge in [0.1, 0.15) is 5.75 Å². The molecule has 2 aromatic carbocycles. The third kappa shape index (κ3) is 4.01. The number of hydrogen-bond donors (Lipinski definition) is 3. The van der Waals surface area contributed by atoms with Crippen molar-refractivity contribution in [3.05, 3.63) is 59.7 Å². The van der Waals surface area contributed by atoms with Crippen LogP contribution in [-0.4, -0.2) is 16.2 Å². The van der Waals surface area contributed by atoms with Crippen molar-refractivity contribution in [3.63, 3.8) is 0 Å². The zero-order valence-electron chi connectivity index (χ0n) is 12.6. The van der Waals surface area contributed by atoms with E-state index in [0.717, 1.165) is 30.5 Å². The Bertz CT molecular complexity index is 622. The van der Waals surface area contributed by atoms with E-state index < -0.39 is 5.97 Å². The summed E-state index contributed by atoms with van der Waals surface area (Å²) in [5, 5.41) is 22.1. The predicted octanol–water partition coefficient (Wildman–Crippen LogP) is 4.43. The molecule has 0 aliphatic rings. The highest BCUT2D eigenvalue weighted by atomic mass is 16.4. The maximum Gasteiger partial charge on any atom is 0.336 e. The highest BCUT2D eigenvalue weighted by molar-refractivity contribution is 5.89. The lowest BCUT2D eigenvalue weighted by Gasteiger charge is -2.22. The van der Waals surface area contributed by atoms with Gasteiger partial charge in [-0.15, -0.1) is 0 Å². The molecular formula is C18H21NO3. The van der Waals surface area contributed by atoms with Gasteiger partial charge in [0, 0.05) is 5.69 Å². The maximum absolute atomic E-state index is 11.4. The number of phenolic OH excluding ortho intramolecular Hbond substituents is 1. The van der Waals surface area contributed by atoms with Crippen LogP contribution < -0.4 is 5.32 Å². The zero-order valence-corrected chi connectivity index (χ0v) is 12.6. The molecule has 0 bridgehead atoms. The Balaban J connectivity index is 2.29. The van der Waals surface area contributed by atoms with Crippen LogP contribution in [0.1, 0.15) is 48.1 Å². The molecule has 2 aromatic rings. The average Bonchev–Trinajstić information content (AvgIpc) is 2.53. The lowest BCUT2D eigenvalue weighted by atomic mass is 9.96. The van der Waals surface area contributed by atoms with E-state index in [9.17, 15) is 15.0 Å². The number of carbonyl (C=O) groups is 1. The molecular weight excluding hydrogens is 278 g/mol. The van der Waals surface area contributed by atoms with E-state index in [1.54, 1.807) is 36.4 Å². The minimum atomic E-state index is -0.912. The normalized spacial score (nSPS) is 11.9. The van der Waals surface area contributed by atoms with Gasteiger partial charge in [0.25, 0.3) is 0 Å². The van der Waals surface area contributed by atoms with Gasteiger partial charge in [-0.3, -0.25) is 0 Å². The van der Waals surface area contributed by atoms with Gasteiger partial charge >= 0.3 is 5.97 Å². The molecule has 0 amide bonds. The van der Waals surface area contributed by atoms with Gasteiger partial charge in [0.2, 0.25) is 0 Å². The first kappa shape index (κ1) is 15.9. The first-order chi connectivity index (χ1) is 10.6. The van der Waals surface area contributed by atoms with E-state index in [0.29, 0.717) is 5.56 Å². The molecule has 0 heterocycles. The predicted molar refractivity (Wildman–Crippen MR) is 87.4 cm³/mol. The second-order valence-electron chi connectivity index (χ2n) is 5.28. The molecule has 0 radical (unpaired) electrons. The third-order valence-electron chi connectivity index (χ3n) is 3.62. The number of rotatable bonds is 7. The number of unbranched alkanes of at least 4 members (excludes halogenated alkanes) is 1. The van der Waals surface area contributed by atoms with Crippen LogP contribution in [0.3, 0.4) is 0 Å². The van der Waals surface area contributed by atoms with Crippen LogP contribution in [-0.2, 0) is 0 Å². The second kappa shape index (κ2) is 7.50. The standard InChI is InChI=1S/C18H21NO3/c1-2-3-8-17(19-13-9-11-14(20)12-10-13)15-6-4-5-7-16(15)18(21)22/h4-7,9-12,17,19-20H,2-3,8H2,1H3,(H,21,22). The Hall–Kier alpha value is -2.49. The van der Waals surface area contributed by atoms with E-state index in [-0.39, 0.29) is 11.8 Å². The van der Waals surface area contributed by atoms with E-state index in [1.807, 2.05) is 12.1 Å². The summed E-state index contributed by atoms with van der Waals surface area (Å²) in [6.45, 7) is 2.11. The van der Waals surface area contributed by atoms with Crippen molar-refractivity contribution in [3.8, 4) is 5.75 Å². The molecule has 0 aliphatic carbocycles. The summed E-state index contributed by atoms with van der Waals surface area (Å²) < 4.78 is 0. The lowest BCUT2D eigenvalue weighted by molar-refractivity contribution is 0.0695. The molecule has 0 fully saturated rings. The van der Waals surface area contributed by atoms with Crippen molar-refractivity contribution in [1.29, 1.82) is 0 Å². The van der Waals surface area contributed by atoms with Crippen LogP contribution in [0.4, 0.5) is 5.69 Å². The van der Waals surface area contributed by atoms with Crippen LogP contribution in [0.5, 0.6) is 5.75 Å². The first-order valence-electron chi connectivity index (χ1n) is 7.49. The smallest absolute Gasteiger partial charge is 0.336 e. The van der Waals surface area contributed by atoms with E-state index in [2.05, 4.69) is 12.2 Å². The number of benzene rings is 2. The molecule has 4 heteroatoms. The van der Waals surface area contributed by atoms with Crippen molar-refractivity contribution in [2.24, 2.45) is 0 Å². The lowest BCUT2D eigenvalue weighted by Crippen LogP contribution is -2.15. The summed E-state index contributed by atoms with van der Waals surface area (Å²) in [5.74, 6) is -0.703. The van der Waals surface area contributed by atoms with Crippen LogP contribution >= 0.6 is 0 Å². The van der Waals surface area contributed by atoms with Gasteiger partial charge in [0.15, 0.2) is 0 Å². The number of aromatic hydroxyl groups is 1. The summed E-state index contributed by atoms with van der Waals surface area (Å²) in [6, 6.07) is 13.8. The number of phenols is 1. The van der Waals surface area contributed by atoms with Gasteiger partial charge in [-0.25, -0.2) is 4.79 Å². The number of anilines is 1. The Morgan fingerprint density at radius 3 is 2.45 bits per heavy atom. The topological polar surface area (TPSA) is 69.6 Å². The SMILES string of the molecule is CCCCC(Nc1ccc(O)cc1)c1ccccc1C(=O)O. The van der Waals surface area contributed by atoms with E-state index >= 15 is 0 Å². The van der Waals surface area contributed by atoms with Crippen molar-refractivity contribution in [2.45, 2.75) is 32.2 Å². The highest BCUT2D eigenvalue weighted by Crippen LogP contribution is 2.28. The van der Waals surface area contributed by atoms with Gasteiger partial charge in [-0.2, -0.15) is 0 Å². The van der Waals surface area contributed by atoms with Gasteiger partial charge < -0.3 is 15.5 Å². The minimum absolute atomic E-state index is 0.0724. The summed E-state index contributed by atoms with van der Waals surface area (Å²) in [6.07, 6.45) is 2.90. The number of carboxylic acids is 1. The first-order valence-corrected chi connectivity index (χ1v) is 7.49. The Morgan fingerprint density at radius 2 is 1.82 bits per heavy atom. The summed E-state index contributed by atoms with van der Waals surface area (Å²) >= 11 is 0. The molecule has 4 nitrogen and oxygen atoms in total. The fourth-order valence-electron chi connectivity index (χ4n) is 2.47. The quantitative estimate of drug-likeness (QED) is 0.661. The third-order valence-corrected chi connectivity index (χ3v) is 3.62. The molecule has 0 aromatic heterocycles. The van der Waals surface area contributed by atoms with Gasteiger partial charge in [0.05, 0.1) is 11.6 Å². The molecule has 116 valence electrons. The van der Waals surface area contributed by atoms with Crippen molar-refractivity contribution >= 4 is 11.7 Å². The minimum Gasteiger partial charge on any atom is -0.508 e. The molecule has 22 heavy (non-hydrogen) atoms. The Morgan fingerprint density at radius 1 is 1.14 bits per heavy atom. The Kier molecular flexibility index (Phi) is 5.42. The van der Waals surface area contributed by atoms with Gasteiger partial charge in [-0.1, -0.05) is 38.0 Å². The van der Waals surface area contributed by atoms with Crippen molar-refractivity contribution in [1.82, 2.24) is 0 Å². The molecule has 1 atom stereocenters. The number of carboxylic acid groups (broad SMARTS) is 1. The van der Waals surface area contributed by atoms with Crippen LogP contribution in [0.15, 0.2) is 48.5 Å².